The van der Waals surface area contributed by atoms with E-state index in [1.54, 1.807) is 0 Å². The Kier molecular flexibility index (Phi) is 23.9. The van der Waals surface area contributed by atoms with Gasteiger partial charge < -0.3 is 5.73 Å². The average molecular weight is 353 g/mol. The Balaban J connectivity index is 2.94. The number of hydrogen-bond donors (Lipinski definition) is 1. The Morgan fingerprint density at radius 3 is 0.720 bits per heavy atom. The molecule has 2 N–H and O–H groups in total. The van der Waals surface area contributed by atoms with Crippen LogP contribution in [0.15, 0.2) is 0 Å². The highest BCUT2D eigenvalue weighted by Crippen LogP contribution is 2.15. The van der Waals surface area contributed by atoms with Crippen molar-refractivity contribution < 1.29 is 0 Å². The van der Waals surface area contributed by atoms with Crippen LogP contribution in [0.2, 0.25) is 0 Å². The van der Waals surface area contributed by atoms with E-state index in [0.29, 0.717) is 0 Å². The molecule has 0 unspecified atom stereocenters. The standard InChI is InChI=1S/C24H50N/c1-2-3-4-5-6-7-8-9-10-11-12-13-14-15-16-17-18-19-20-21-22-23-24-25/h1-25H2. The summed E-state index contributed by atoms with van der Waals surface area (Å²) < 4.78 is 0. The van der Waals surface area contributed by atoms with Gasteiger partial charge in [0.05, 0.1) is 0 Å². The zero-order chi connectivity index (χ0) is 18.3. The Hall–Kier alpha value is -0.0400. The molecule has 0 aliphatic rings. The quantitative estimate of drug-likeness (QED) is 0.195. The lowest BCUT2D eigenvalue weighted by Gasteiger charge is -2.04. The predicted octanol–water partition coefficient (Wildman–Crippen LogP) is 8.36. The molecule has 0 aromatic carbocycles. The lowest BCUT2D eigenvalue weighted by atomic mass is 10.0. The lowest BCUT2D eigenvalue weighted by Crippen LogP contribution is -1.97. The molecule has 0 saturated heterocycles. The largest absolute Gasteiger partial charge is 0.330 e. The van der Waals surface area contributed by atoms with Gasteiger partial charge in [0.15, 0.2) is 0 Å². The summed E-state index contributed by atoms with van der Waals surface area (Å²) in [6, 6.07) is 0. The molecule has 0 aromatic rings. The van der Waals surface area contributed by atoms with E-state index in [1.165, 1.54) is 135 Å². The SMILES string of the molecule is [CH2]CCCCCCCCCCCCCCCCCCCCCCCN. The third kappa shape index (κ3) is 24.0. The van der Waals surface area contributed by atoms with Crippen molar-refractivity contribution in [1.82, 2.24) is 0 Å². The molecule has 0 heterocycles. The minimum absolute atomic E-state index is 0.872. The van der Waals surface area contributed by atoms with E-state index in [2.05, 4.69) is 6.92 Å². The van der Waals surface area contributed by atoms with Crippen molar-refractivity contribution in [3.05, 3.63) is 6.92 Å². The van der Waals surface area contributed by atoms with Gasteiger partial charge in [-0.2, -0.15) is 0 Å². The zero-order valence-electron chi connectivity index (χ0n) is 17.5. The molecule has 0 atom stereocenters. The van der Waals surface area contributed by atoms with Crippen molar-refractivity contribution in [2.75, 3.05) is 6.54 Å². The lowest BCUT2D eigenvalue weighted by molar-refractivity contribution is 0.520. The third-order valence-electron chi connectivity index (χ3n) is 5.45. The fraction of sp³-hybridized carbons (Fsp3) is 0.958. The topological polar surface area (TPSA) is 26.0 Å². The fourth-order valence-electron chi connectivity index (χ4n) is 3.68. The monoisotopic (exact) mass is 352 g/mol. The molecule has 0 rings (SSSR count). The fourth-order valence-corrected chi connectivity index (χ4v) is 3.68. The van der Waals surface area contributed by atoms with E-state index in [9.17, 15) is 0 Å². The van der Waals surface area contributed by atoms with Gasteiger partial charge >= 0.3 is 0 Å². The van der Waals surface area contributed by atoms with Crippen molar-refractivity contribution in [3.8, 4) is 0 Å². The molecule has 0 aliphatic heterocycles. The predicted molar refractivity (Wildman–Crippen MR) is 116 cm³/mol. The molecule has 0 aromatic heterocycles. The summed E-state index contributed by atoms with van der Waals surface area (Å²) in [6.45, 7) is 4.78. The second-order valence-electron chi connectivity index (χ2n) is 8.07. The summed E-state index contributed by atoms with van der Waals surface area (Å²) in [4.78, 5) is 0. The Morgan fingerprint density at radius 2 is 0.520 bits per heavy atom. The van der Waals surface area contributed by atoms with E-state index in [-0.39, 0.29) is 0 Å². The Labute approximate surface area is 160 Å². The first kappa shape index (κ1) is 25.0. The molecule has 0 aliphatic carbocycles. The summed E-state index contributed by atoms with van der Waals surface area (Å²) in [6.07, 6.45) is 31.2. The smallest absolute Gasteiger partial charge is 0.00773 e. The first-order chi connectivity index (χ1) is 12.4. The van der Waals surface area contributed by atoms with Crippen molar-refractivity contribution in [2.45, 2.75) is 141 Å². The van der Waals surface area contributed by atoms with E-state index in [4.69, 9.17) is 5.73 Å². The van der Waals surface area contributed by atoms with Gasteiger partial charge in [0, 0.05) is 0 Å². The minimum Gasteiger partial charge on any atom is -0.330 e. The van der Waals surface area contributed by atoms with Crippen LogP contribution in [-0.2, 0) is 0 Å². The number of nitrogens with two attached hydrogens (primary N) is 1. The average Bonchev–Trinajstić information content (AvgIpc) is 2.63. The maximum Gasteiger partial charge on any atom is -0.00773 e. The zero-order valence-corrected chi connectivity index (χ0v) is 17.5. The number of unbranched alkanes of at least 4 members (excludes halogenated alkanes) is 21. The van der Waals surface area contributed by atoms with Crippen molar-refractivity contribution >= 4 is 0 Å². The van der Waals surface area contributed by atoms with Gasteiger partial charge in [0.1, 0.15) is 0 Å². The highest BCUT2D eigenvalue weighted by atomic mass is 14.5. The first-order valence-electron chi connectivity index (χ1n) is 11.9. The maximum absolute atomic E-state index is 5.51. The van der Waals surface area contributed by atoms with Gasteiger partial charge in [-0.15, -0.1) is 0 Å². The van der Waals surface area contributed by atoms with E-state index >= 15 is 0 Å². The third-order valence-corrected chi connectivity index (χ3v) is 5.45. The first-order valence-corrected chi connectivity index (χ1v) is 11.9. The van der Waals surface area contributed by atoms with Crippen LogP contribution in [0.3, 0.4) is 0 Å². The normalized spacial score (nSPS) is 11.3. The Bertz CT molecular complexity index is 192. The van der Waals surface area contributed by atoms with Gasteiger partial charge in [-0.3, -0.25) is 0 Å². The number of hydrogen-bond acceptors (Lipinski definition) is 1. The molecular weight excluding hydrogens is 302 g/mol. The minimum atomic E-state index is 0.872. The van der Waals surface area contributed by atoms with E-state index in [0.717, 1.165) is 13.0 Å². The highest BCUT2D eigenvalue weighted by molar-refractivity contribution is 4.51. The summed E-state index contributed by atoms with van der Waals surface area (Å²) in [5, 5.41) is 0. The molecule has 0 bridgehead atoms. The van der Waals surface area contributed by atoms with E-state index in [1.807, 2.05) is 0 Å². The van der Waals surface area contributed by atoms with Gasteiger partial charge in [0.25, 0.3) is 0 Å². The van der Waals surface area contributed by atoms with Gasteiger partial charge in [-0.1, -0.05) is 142 Å². The molecule has 1 nitrogen and oxygen atoms in total. The van der Waals surface area contributed by atoms with Crippen LogP contribution in [0.5, 0.6) is 0 Å². The number of rotatable bonds is 22. The van der Waals surface area contributed by atoms with Crippen LogP contribution in [0.25, 0.3) is 0 Å². The summed E-state index contributed by atoms with van der Waals surface area (Å²) in [5.74, 6) is 0. The summed E-state index contributed by atoms with van der Waals surface area (Å²) in [7, 11) is 0. The van der Waals surface area contributed by atoms with Crippen LogP contribution in [-0.4, -0.2) is 6.54 Å². The van der Waals surface area contributed by atoms with Crippen LogP contribution in [0.1, 0.15) is 141 Å². The van der Waals surface area contributed by atoms with Crippen LogP contribution in [0, 0.1) is 6.92 Å². The molecule has 151 valence electrons. The molecular formula is C24H50N. The molecule has 25 heavy (non-hydrogen) atoms. The van der Waals surface area contributed by atoms with Crippen molar-refractivity contribution in [1.29, 1.82) is 0 Å². The maximum atomic E-state index is 5.51. The van der Waals surface area contributed by atoms with Crippen molar-refractivity contribution in [2.24, 2.45) is 5.73 Å². The van der Waals surface area contributed by atoms with Crippen LogP contribution < -0.4 is 5.73 Å². The van der Waals surface area contributed by atoms with Crippen LogP contribution >= 0.6 is 0 Å². The second kappa shape index (κ2) is 24.0. The molecule has 1 radical (unpaired) electrons. The molecule has 1 heteroatoms. The molecule has 0 spiro atoms. The molecule has 0 saturated carbocycles. The molecule has 0 amide bonds. The summed E-state index contributed by atoms with van der Waals surface area (Å²) in [5.41, 5.74) is 5.51. The van der Waals surface area contributed by atoms with Crippen molar-refractivity contribution in [3.63, 3.8) is 0 Å². The Morgan fingerprint density at radius 1 is 0.320 bits per heavy atom. The van der Waals surface area contributed by atoms with Gasteiger partial charge in [-0.25, -0.2) is 0 Å². The second-order valence-corrected chi connectivity index (χ2v) is 8.07. The molecule has 0 fully saturated rings. The van der Waals surface area contributed by atoms with Gasteiger partial charge in [-0.05, 0) is 13.0 Å². The summed E-state index contributed by atoms with van der Waals surface area (Å²) >= 11 is 0. The highest BCUT2D eigenvalue weighted by Gasteiger charge is 1.95. The van der Waals surface area contributed by atoms with Gasteiger partial charge in [0.2, 0.25) is 0 Å². The van der Waals surface area contributed by atoms with Crippen LogP contribution in [0.4, 0.5) is 0 Å². The van der Waals surface area contributed by atoms with E-state index < -0.39 is 0 Å².